The fourth-order valence-corrected chi connectivity index (χ4v) is 1.55. The molecular weight excluding hydrogens is 108 g/mol. The van der Waals surface area contributed by atoms with Crippen LogP contribution in [0.2, 0.25) is 0 Å². The molecule has 0 nitrogen and oxygen atoms in total. The number of rotatable bonds is 0. The highest BCUT2D eigenvalue weighted by atomic mass is 14.2. The zero-order valence-corrected chi connectivity index (χ0v) is 6.28. The summed E-state index contributed by atoms with van der Waals surface area (Å²) in [6.45, 7) is 4.24. The second-order valence-corrected chi connectivity index (χ2v) is 2.91. The number of hydrogen-bond acceptors (Lipinski definition) is 0. The third-order valence-corrected chi connectivity index (χ3v) is 2.19. The molecule has 0 heterocycles. The molecule has 0 bridgehead atoms. The number of hydrogen-bond donors (Lipinski definition) is 0. The van der Waals surface area contributed by atoms with Crippen LogP contribution in [0.15, 0.2) is 0 Å². The van der Waals surface area contributed by atoms with Crippen molar-refractivity contribution in [3.05, 3.63) is 0 Å². The van der Waals surface area contributed by atoms with E-state index in [1.54, 1.807) is 0 Å². The van der Waals surface area contributed by atoms with Gasteiger partial charge in [-0.3, -0.25) is 0 Å². The summed E-state index contributed by atoms with van der Waals surface area (Å²) in [5.41, 5.74) is 0. The largest absolute Gasteiger partial charge is 0.106 e. The molecule has 2 atom stereocenters. The van der Waals surface area contributed by atoms with Crippen molar-refractivity contribution in [2.45, 2.75) is 33.1 Å². The van der Waals surface area contributed by atoms with E-state index in [0.717, 1.165) is 11.8 Å². The Balaban J connectivity index is 2.46. The lowest BCUT2D eigenvalue weighted by atomic mass is 9.99. The van der Waals surface area contributed by atoms with Crippen molar-refractivity contribution in [3.8, 4) is 11.8 Å². The van der Waals surface area contributed by atoms with Gasteiger partial charge in [-0.2, -0.15) is 0 Å². The molecule has 1 aliphatic rings. The predicted molar refractivity (Wildman–Crippen MR) is 40.0 cm³/mol. The Morgan fingerprint density at radius 1 is 1.33 bits per heavy atom. The summed E-state index contributed by atoms with van der Waals surface area (Å²) >= 11 is 0. The first-order valence-corrected chi connectivity index (χ1v) is 3.77. The Kier molecular flexibility index (Phi) is 2.16. The van der Waals surface area contributed by atoms with Crippen LogP contribution >= 0.6 is 0 Å². The molecule has 0 radical (unpaired) electrons. The molecule has 0 aliphatic heterocycles. The highest BCUT2D eigenvalue weighted by molar-refractivity contribution is 5.04. The maximum atomic E-state index is 3.24. The minimum atomic E-state index is 0.718. The molecule has 1 aliphatic carbocycles. The van der Waals surface area contributed by atoms with Crippen LogP contribution in [-0.4, -0.2) is 0 Å². The molecule has 1 rings (SSSR count). The highest BCUT2D eigenvalue weighted by Gasteiger charge is 2.20. The first-order valence-electron chi connectivity index (χ1n) is 3.77. The summed E-state index contributed by atoms with van der Waals surface area (Å²) in [6.07, 6.45) is 4.11. The second-order valence-electron chi connectivity index (χ2n) is 2.91. The summed E-state index contributed by atoms with van der Waals surface area (Å²) in [4.78, 5) is 0. The van der Waals surface area contributed by atoms with Gasteiger partial charge in [-0.05, 0) is 25.7 Å². The van der Waals surface area contributed by atoms with Crippen LogP contribution in [0.1, 0.15) is 33.1 Å². The van der Waals surface area contributed by atoms with Crippen LogP contribution in [0.25, 0.3) is 0 Å². The molecule has 0 N–H and O–H groups in total. The second kappa shape index (κ2) is 2.92. The van der Waals surface area contributed by atoms with E-state index in [2.05, 4.69) is 18.8 Å². The van der Waals surface area contributed by atoms with Crippen molar-refractivity contribution >= 4 is 0 Å². The Labute approximate surface area is 57.7 Å². The first kappa shape index (κ1) is 6.68. The fraction of sp³-hybridized carbons (Fsp3) is 0.778. The molecule has 9 heavy (non-hydrogen) atoms. The zero-order chi connectivity index (χ0) is 6.69. The van der Waals surface area contributed by atoms with E-state index in [0.29, 0.717) is 0 Å². The molecule has 0 saturated heterocycles. The van der Waals surface area contributed by atoms with E-state index < -0.39 is 0 Å². The van der Waals surface area contributed by atoms with Crippen molar-refractivity contribution < 1.29 is 0 Å². The van der Waals surface area contributed by atoms with Gasteiger partial charge < -0.3 is 0 Å². The zero-order valence-electron chi connectivity index (χ0n) is 6.28. The van der Waals surface area contributed by atoms with Gasteiger partial charge in [-0.25, -0.2) is 0 Å². The van der Waals surface area contributed by atoms with Gasteiger partial charge >= 0.3 is 0 Å². The highest BCUT2D eigenvalue weighted by Crippen LogP contribution is 2.30. The van der Waals surface area contributed by atoms with Crippen molar-refractivity contribution in [1.29, 1.82) is 0 Å². The van der Waals surface area contributed by atoms with E-state index in [-0.39, 0.29) is 0 Å². The fourth-order valence-electron chi connectivity index (χ4n) is 1.55. The molecular formula is C9H14. The van der Waals surface area contributed by atoms with Crippen LogP contribution in [0.3, 0.4) is 0 Å². The predicted octanol–water partition coefficient (Wildman–Crippen LogP) is 2.45. The first-order chi connectivity index (χ1) is 4.34. The van der Waals surface area contributed by atoms with Crippen LogP contribution in [0.4, 0.5) is 0 Å². The standard InChI is InChI=1S/C9H14/c1-3-5-9-7-4-6-8(9)2/h8-9H,4,6-7H2,1-2H3. The average molecular weight is 122 g/mol. The van der Waals surface area contributed by atoms with E-state index in [1.807, 2.05) is 6.92 Å². The minimum Gasteiger partial charge on any atom is -0.106 e. The van der Waals surface area contributed by atoms with Gasteiger partial charge in [0.1, 0.15) is 0 Å². The van der Waals surface area contributed by atoms with E-state index >= 15 is 0 Å². The van der Waals surface area contributed by atoms with Crippen molar-refractivity contribution in [2.24, 2.45) is 11.8 Å². The maximum Gasteiger partial charge on any atom is 0.0228 e. The smallest absolute Gasteiger partial charge is 0.0228 e. The van der Waals surface area contributed by atoms with Gasteiger partial charge in [0, 0.05) is 5.92 Å². The van der Waals surface area contributed by atoms with Crippen molar-refractivity contribution in [1.82, 2.24) is 0 Å². The summed E-state index contributed by atoms with van der Waals surface area (Å²) in [5, 5.41) is 0. The summed E-state index contributed by atoms with van der Waals surface area (Å²) in [6, 6.07) is 0. The Bertz CT molecular complexity index is 136. The lowest BCUT2D eigenvalue weighted by molar-refractivity contribution is 0.518. The molecule has 1 fully saturated rings. The SMILES string of the molecule is CC#CC1CCCC1C. The van der Waals surface area contributed by atoms with E-state index in [9.17, 15) is 0 Å². The Morgan fingerprint density at radius 3 is 2.56 bits per heavy atom. The molecule has 50 valence electrons. The molecule has 0 amide bonds. The van der Waals surface area contributed by atoms with Crippen molar-refractivity contribution in [2.75, 3.05) is 0 Å². The van der Waals surface area contributed by atoms with Crippen LogP contribution < -0.4 is 0 Å². The average Bonchev–Trinajstić information content (AvgIpc) is 2.18. The quantitative estimate of drug-likeness (QED) is 0.433. The molecule has 0 heteroatoms. The van der Waals surface area contributed by atoms with Crippen LogP contribution in [-0.2, 0) is 0 Å². The summed E-state index contributed by atoms with van der Waals surface area (Å²) < 4.78 is 0. The normalized spacial score (nSPS) is 33.6. The topological polar surface area (TPSA) is 0 Å². The van der Waals surface area contributed by atoms with Crippen LogP contribution in [0.5, 0.6) is 0 Å². The molecule has 0 aromatic heterocycles. The van der Waals surface area contributed by atoms with Gasteiger partial charge in [0.15, 0.2) is 0 Å². The molecule has 0 aromatic carbocycles. The van der Waals surface area contributed by atoms with Crippen molar-refractivity contribution in [3.63, 3.8) is 0 Å². The molecule has 2 unspecified atom stereocenters. The Hall–Kier alpha value is -0.440. The summed E-state index contributed by atoms with van der Waals surface area (Å²) in [7, 11) is 0. The van der Waals surface area contributed by atoms with Gasteiger partial charge in [0.25, 0.3) is 0 Å². The lowest BCUT2D eigenvalue weighted by Gasteiger charge is -2.05. The third kappa shape index (κ3) is 1.48. The molecule has 0 aromatic rings. The summed E-state index contributed by atoms with van der Waals surface area (Å²) in [5.74, 6) is 7.81. The molecule has 1 saturated carbocycles. The maximum absolute atomic E-state index is 3.24. The Morgan fingerprint density at radius 2 is 2.11 bits per heavy atom. The van der Waals surface area contributed by atoms with Gasteiger partial charge in [-0.1, -0.05) is 19.3 Å². The van der Waals surface area contributed by atoms with Gasteiger partial charge in [0.05, 0.1) is 0 Å². The third-order valence-electron chi connectivity index (χ3n) is 2.19. The monoisotopic (exact) mass is 122 g/mol. The van der Waals surface area contributed by atoms with E-state index in [4.69, 9.17) is 0 Å². The lowest BCUT2D eigenvalue weighted by Crippen LogP contribution is -1.99. The molecule has 0 spiro atoms. The van der Waals surface area contributed by atoms with Crippen LogP contribution in [0, 0.1) is 23.7 Å². The van der Waals surface area contributed by atoms with E-state index in [1.165, 1.54) is 19.3 Å². The minimum absolute atomic E-state index is 0.718. The van der Waals surface area contributed by atoms with Gasteiger partial charge in [0.2, 0.25) is 0 Å². The van der Waals surface area contributed by atoms with Gasteiger partial charge in [-0.15, -0.1) is 5.92 Å².